The Bertz CT molecular complexity index is 278. The number of nitrogens with one attached hydrogen (secondary N) is 1. The van der Waals surface area contributed by atoms with Gasteiger partial charge in [-0.25, -0.2) is 0 Å². The van der Waals surface area contributed by atoms with Gasteiger partial charge < -0.3 is 10.4 Å². The molecule has 1 saturated carbocycles. The summed E-state index contributed by atoms with van der Waals surface area (Å²) < 4.78 is 0. The van der Waals surface area contributed by atoms with Crippen molar-refractivity contribution in [1.29, 1.82) is 0 Å². The Morgan fingerprint density at radius 1 is 1.25 bits per heavy atom. The topological polar surface area (TPSA) is 49.3 Å². The molecule has 0 heterocycles. The first-order chi connectivity index (χ1) is 9.50. The molecule has 3 heteroatoms. The van der Waals surface area contributed by atoms with Crippen LogP contribution in [0.5, 0.6) is 0 Å². The molecule has 0 amide bonds. The van der Waals surface area contributed by atoms with Crippen molar-refractivity contribution in [3.63, 3.8) is 0 Å². The van der Waals surface area contributed by atoms with Crippen molar-refractivity contribution in [2.24, 2.45) is 23.7 Å². The minimum atomic E-state index is -0.763. The van der Waals surface area contributed by atoms with E-state index in [1.165, 1.54) is 38.5 Å². The summed E-state index contributed by atoms with van der Waals surface area (Å²) in [6.45, 7) is 8.09. The molecule has 2 N–H and O–H groups in total. The number of hydrogen-bond acceptors (Lipinski definition) is 2. The summed E-state index contributed by atoms with van der Waals surface area (Å²) in [6, 6.07) is 0. The van der Waals surface area contributed by atoms with Crippen molar-refractivity contribution in [3.8, 4) is 0 Å². The van der Waals surface area contributed by atoms with Gasteiger partial charge in [0.05, 0.1) is 6.54 Å². The van der Waals surface area contributed by atoms with Crippen LogP contribution in [0.25, 0.3) is 0 Å². The Balaban J connectivity index is 2.13. The van der Waals surface area contributed by atoms with Gasteiger partial charge >= 0.3 is 5.97 Å². The molecular formula is C17H33NO2. The predicted molar refractivity (Wildman–Crippen MR) is 83.8 cm³/mol. The van der Waals surface area contributed by atoms with Crippen molar-refractivity contribution in [3.05, 3.63) is 0 Å². The highest BCUT2D eigenvalue weighted by Crippen LogP contribution is 2.40. The molecule has 0 saturated heterocycles. The summed E-state index contributed by atoms with van der Waals surface area (Å²) in [4.78, 5) is 10.4. The molecule has 3 atom stereocenters. The Hall–Kier alpha value is -0.570. The van der Waals surface area contributed by atoms with Gasteiger partial charge in [0.15, 0.2) is 0 Å². The average molecular weight is 283 g/mol. The van der Waals surface area contributed by atoms with Crippen LogP contribution in [0.15, 0.2) is 0 Å². The van der Waals surface area contributed by atoms with E-state index in [0.717, 1.165) is 36.6 Å². The van der Waals surface area contributed by atoms with E-state index in [9.17, 15) is 4.79 Å². The molecule has 20 heavy (non-hydrogen) atoms. The van der Waals surface area contributed by atoms with Gasteiger partial charge in [-0.3, -0.25) is 4.79 Å². The highest BCUT2D eigenvalue weighted by Gasteiger charge is 2.29. The highest BCUT2D eigenvalue weighted by atomic mass is 16.4. The molecule has 0 bridgehead atoms. The van der Waals surface area contributed by atoms with Crippen molar-refractivity contribution in [2.45, 2.75) is 65.7 Å². The minimum Gasteiger partial charge on any atom is -0.480 e. The van der Waals surface area contributed by atoms with Gasteiger partial charge in [0.1, 0.15) is 0 Å². The second-order valence-corrected chi connectivity index (χ2v) is 7.01. The van der Waals surface area contributed by atoms with Crippen molar-refractivity contribution < 1.29 is 9.90 Å². The maximum atomic E-state index is 10.4. The number of carboxylic acid groups (broad SMARTS) is 1. The summed E-state index contributed by atoms with van der Waals surface area (Å²) in [6.07, 6.45) is 9.24. The lowest BCUT2D eigenvalue weighted by molar-refractivity contribution is -0.135. The lowest BCUT2D eigenvalue weighted by Gasteiger charge is -2.37. The van der Waals surface area contributed by atoms with Crippen LogP contribution in [-0.2, 0) is 4.79 Å². The summed E-state index contributed by atoms with van der Waals surface area (Å²) in [5.74, 6) is 2.82. The first-order valence-electron chi connectivity index (χ1n) is 8.43. The molecule has 1 aliphatic rings. The smallest absolute Gasteiger partial charge is 0.317 e. The summed E-state index contributed by atoms with van der Waals surface area (Å²) in [5, 5.41) is 11.5. The molecule has 118 valence electrons. The average Bonchev–Trinajstić information content (AvgIpc) is 2.37. The van der Waals surface area contributed by atoms with Crippen LogP contribution in [0, 0.1) is 23.7 Å². The number of aliphatic carboxylic acids is 1. The minimum absolute atomic E-state index is 0.0928. The van der Waals surface area contributed by atoms with E-state index in [4.69, 9.17) is 5.11 Å². The quantitative estimate of drug-likeness (QED) is 0.630. The lowest BCUT2D eigenvalue weighted by Crippen LogP contribution is -2.27. The molecule has 0 aromatic carbocycles. The Labute approximate surface area is 124 Å². The fourth-order valence-corrected chi connectivity index (χ4v) is 3.76. The number of rotatable bonds is 9. The zero-order chi connectivity index (χ0) is 15.0. The standard InChI is InChI=1S/C17H33NO2/c1-13(2)16-9-8-14(3)11-15(16)7-5-4-6-10-18-12-17(19)20/h13-16,18H,4-12H2,1-3H3,(H,19,20). The lowest BCUT2D eigenvalue weighted by atomic mass is 9.68. The number of carbonyl (C=O) groups is 1. The van der Waals surface area contributed by atoms with Crippen molar-refractivity contribution in [1.82, 2.24) is 5.32 Å². The zero-order valence-corrected chi connectivity index (χ0v) is 13.5. The molecule has 1 rings (SSSR count). The van der Waals surface area contributed by atoms with Gasteiger partial charge in [0.2, 0.25) is 0 Å². The maximum absolute atomic E-state index is 10.4. The van der Waals surface area contributed by atoms with E-state index in [2.05, 4.69) is 26.1 Å². The first-order valence-corrected chi connectivity index (χ1v) is 8.43. The van der Waals surface area contributed by atoms with E-state index in [1.807, 2.05) is 0 Å². The Morgan fingerprint density at radius 3 is 2.65 bits per heavy atom. The normalized spacial score (nSPS) is 26.9. The summed E-state index contributed by atoms with van der Waals surface area (Å²) in [7, 11) is 0. The number of hydrogen-bond donors (Lipinski definition) is 2. The van der Waals surface area contributed by atoms with Crippen LogP contribution in [0.2, 0.25) is 0 Å². The number of unbranched alkanes of at least 4 members (excludes halogenated alkanes) is 2. The third kappa shape index (κ3) is 6.74. The molecule has 0 aliphatic heterocycles. The van der Waals surface area contributed by atoms with Crippen LogP contribution in [0.3, 0.4) is 0 Å². The predicted octanol–water partition coefficient (Wildman–Crippen LogP) is 3.93. The third-order valence-electron chi connectivity index (χ3n) is 4.86. The van der Waals surface area contributed by atoms with Gasteiger partial charge in [0, 0.05) is 0 Å². The first kappa shape index (κ1) is 17.5. The SMILES string of the molecule is CC1CCC(C(C)C)C(CCCCCNCC(=O)O)C1. The fourth-order valence-electron chi connectivity index (χ4n) is 3.76. The third-order valence-corrected chi connectivity index (χ3v) is 4.86. The van der Waals surface area contributed by atoms with E-state index >= 15 is 0 Å². The zero-order valence-electron chi connectivity index (χ0n) is 13.5. The van der Waals surface area contributed by atoms with Gasteiger partial charge in [-0.1, -0.05) is 46.5 Å². The molecule has 0 spiro atoms. The molecule has 1 aliphatic carbocycles. The van der Waals surface area contributed by atoms with E-state index in [1.54, 1.807) is 0 Å². The molecule has 0 radical (unpaired) electrons. The fraction of sp³-hybridized carbons (Fsp3) is 0.941. The molecule has 1 fully saturated rings. The Kier molecular flexibility index (Phi) is 8.20. The van der Waals surface area contributed by atoms with Crippen molar-refractivity contribution >= 4 is 5.97 Å². The Morgan fingerprint density at radius 2 is 2.00 bits per heavy atom. The summed E-state index contributed by atoms with van der Waals surface area (Å²) >= 11 is 0. The highest BCUT2D eigenvalue weighted by molar-refractivity contribution is 5.68. The second kappa shape index (κ2) is 9.38. The van der Waals surface area contributed by atoms with Gasteiger partial charge in [-0.05, 0) is 49.5 Å². The van der Waals surface area contributed by atoms with Crippen molar-refractivity contribution in [2.75, 3.05) is 13.1 Å². The molecule has 0 aromatic heterocycles. The summed E-state index contributed by atoms with van der Waals surface area (Å²) in [5.41, 5.74) is 0. The molecule has 0 aromatic rings. The van der Waals surface area contributed by atoms with Crippen LogP contribution >= 0.6 is 0 Å². The van der Waals surface area contributed by atoms with Crippen LogP contribution in [0.4, 0.5) is 0 Å². The molecular weight excluding hydrogens is 250 g/mol. The molecule has 3 nitrogen and oxygen atoms in total. The number of carboxylic acids is 1. The van der Waals surface area contributed by atoms with Crippen LogP contribution in [-0.4, -0.2) is 24.2 Å². The van der Waals surface area contributed by atoms with Gasteiger partial charge in [-0.2, -0.15) is 0 Å². The van der Waals surface area contributed by atoms with E-state index in [0.29, 0.717) is 0 Å². The van der Waals surface area contributed by atoms with E-state index < -0.39 is 5.97 Å². The second-order valence-electron chi connectivity index (χ2n) is 7.01. The monoisotopic (exact) mass is 283 g/mol. The van der Waals surface area contributed by atoms with E-state index in [-0.39, 0.29) is 6.54 Å². The van der Waals surface area contributed by atoms with Gasteiger partial charge in [-0.15, -0.1) is 0 Å². The van der Waals surface area contributed by atoms with Crippen LogP contribution < -0.4 is 5.32 Å². The molecule has 3 unspecified atom stereocenters. The van der Waals surface area contributed by atoms with Crippen LogP contribution in [0.1, 0.15) is 65.7 Å². The largest absolute Gasteiger partial charge is 0.480 e. The maximum Gasteiger partial charge on any atom is 0.317 e. The van der Waals surface area contributed by atoms with Gasteiger partial charge in [0.25, 0.3) is 0 Å².